The molecule has 5 heteroatoms. The fourth-order valence-corrected chi connectivity index (χ4v) is 2.05. The van der Waals surface area contributed by atoms with Gasteiger partial charge < -0.3 is 19.3 Å². The van der Waals surface area contributed by atoms with Crippen molar-refractivity contribution in [2.24, 2.45) is 0 Å². The number of benzene rings is 2. The second-order valence-corrected chi connectivity index (χ2v) is 5.14. The SMILES string of the molecule is CCOC(=O)COc1ccc(/C=C/c2ccc(OCCO)cc2)cc1. The van der Waals surface area contributed by atoms with Crippen molar-refractivity contribution >= 4 is 18.1 Å². The first-order valence-corrected chi connectivity index (χ1v) is 8.11. The third-order valence-corrected chi connectivity index (χ3v) is 3.25. The van der Waals surface area contributed by atoms with Crippen molar-refractivity contribution in [3.63, 3.8) is 0 Å². The molecule has 0 aliphatic carbocycles. The summed E-state index contributed by atoms with van der Waals surface area (Å²) in [6.45, 7) is 2.31. The summed E-state index contributed by atoms with van der Waals surface area (Å²) in [7, 11) is 0. The molecule has 2 aromatic carbocycles. The fourth-order valence-electron chi connectivity index (χ4n) is 2.05. The van der Waals surface area contributed by atoms with E-state index in [1.807, 2.05) is 60.7 Å². The van der Waals surface area contributed by atoms with E-state index in [1.165, 1.54) is 0 Å². The van der Waals surface area contributed by atoms with Gasteiger partial charge in [0.2, 0.25) is 0 Å². The first-order valence-electron chi connectivity index (χ1n) is 8.11. The van der Waals surface area contributed by atoms with Crippen LogP contribution in [0.2, 0.25) is 0 Å². The highest BCUT2D eigenvalue weighted by Crippen LogP contribution is 2.16. The van der Waals surface area contributed by atoms with Crippen LogP contribution in [0.4, 0.5) is 0 Å². The summed E-state index contributed by atoms with van der Waals surface area (Å²) in [5, 5.41) is 8.73. The Bertz CT molecular complexity index is 674. The van der Waals surface area contributed by atoms with Gasteiger partial charge in [-0.15, -0.1) is 0 Å². The molecule has 5 nitrogen and oxygen atoms in total. The maximum absolute atomic E-state index is 11.2. The Labute approximate surface area is 147 Å². The van der Waals surface area contributed by atoms with Crippen molar-refractivity contribution in [1.29, 1.82) is 0 Å². The second kappa shape index (κ2) is 10.2. The predicted molar refractivity (Wildman–Crippen MR) is 96.5 cm³/mol. The van der Waals surface area contributed by atoms with Crippen LogP contribution < -0.4 is 9.47 Å². The average Bonchev–Trinajstić information content (AvgIpc) is 2.65. The summed E-state index contributed by atoms with van der Waals surface area (Å²) >= 11 is 0. The Morgan fingerprint density at radius 1 is 0.920 bits per heavy atom. The molecule has 0 saturated heterocycles. The molecule has 0 aliphatic rings. The van der Waals surface area contributed by atoms with Crippen molar-refractivity contribution < 1.29 is 24.1 Å². The molecule has 0 unspecified atom stereocenters. The lowest BCUT2D eigenvalue weighted by atomic mass is 10.1. The van der Waals surface area contributed by atoms with Crippen LogP contribution in [-0.2, 0) is 9.53 Å². The minimum absolute atomic E-state index is 0.00114. The van der Waals surface area contributed by atoms with Crippen LogP contribution in [-0.4, -0.2) is 37.5 Å². The highest BCUT2D eigenvalue weighted by molar-refractivity contribution is 5.71. The number of carbonyl (C=O) groups excluding carboxylic acids is 1. The van der Waals surface area contributed by atoms with Gasteiger partial charge in [-0.05, 0) is 42.3 Å². The smallest absolute Gasteiger partial charge is 0.344 e. The lowest BCUT2D eigenvalue weighted by Crippen LogP contribution is -2.14. The highest BCUT2D eigenvalue weighted by Gasteiger charge is 2.02. The lowest BCUT2D eigenvalue weighted by molar-refractivity contribution is -0.145. The van der Waals surface area contributed by atoms with Gasteiger partial charge in [0, 0.05) is 0 Å². The first kappa shape index (κ1) is 18.5. The monoisotopic (exact) mass is 342 g/mol. The number of aliphatic hydroxyl groups excluding tert-OH is 1. The van der Waals surface area contributed by atoms with E-state index < -0.39 is 0 Å². The largest absolute Gasteiger partial charge is 0.491 e. The highest BCUT2D eigenvalue weighted by atomic mass is 16.6. The normalized spacial score (nSPS) is 10.6. The van der Waals surface area contributed by atoms with Crippen molar-refractivity contribution in [1.82, 2.24) is 0 Å². The molecule has 1 N–H and O–H groups in total. The minimum Gasteiger partial charge on any atom is -0.491 e. The molecule has 0 radical (unpaired) electrons. The zero-order chi connectivity index (χ0) is 17.9. The van der Waals surface area contributed by atoms with Crippen molar-refractivity contribution in [3.8, 4) is 11.5 Å². The maximum atomic E-state index is 11.2. The van der Waals surface area contributed by atoms with E-state index in [4.69, 9.17) is 19.3 Å². The van der Waals surface area contributed by atoms with E-state index in [1.54, 1.807) is 6.92 Å². The van der Waals surface area contributed by atoms with E-state index in [-0.39, 0.29) is 19.2 Å². The Morgan fingerprint density at radius 2 is 1.44 bits per heavy atom. The summed E-state index contributed by atoms with van der Waals surface area (Å²) < 4.78 is 15.5. The first-order chi connectivity index (χ1) is 12.2. The van der Waals surface area contributed by atoms with Crippen LogP contribution in [0, 0.1) is 0 Å². The number of aliphatic hydroxyl groups is 1. The Kier molecular flexibility index (Phi) is 7.53. The summed E-state index contributed by atoms with van der Waals surface area (Å²) in [4.78, 5) is 11.2. The molecule has 25 heavy (non-hydrogen) atoms. The van der Waals surface area contributed by atoms with Crippen molar-refractivity contribution in [3.05, 3.63) is 59.7 Å². The lowest BCUT2D eigenvalue weighted by Gasteiger charge is -2.06. The molecule has 0 saturated carbocycles. The predicted octanol–water partition coefficient (Wildman–Crippen LogP) is 3.17. The van der Waals surface area contributed by atoms with E-state index >= 15 is 0 Å². The second-order valence-electron chi connectivity index (χ2n) is 5.14. The fraction of sp³-hybridized carbons (Fsp3) is 0.250. The summed E-state index contributed by atoms with van der Waals surface area (Å²) in [6, 6.07) is 15.1. The average molecular weight is 342 g/mol. The Balaban J connectivity index is 1.87. The van der Waals surface area contributed by atoms with E-state index in [2.05, 4.69) is 0 Å². The molecular formula is C20H22O5. The molecule has 0 fully saturated rings. The van der Waals surface area contributed by atoms with Crippen LogP contribution in [0.3, 0.4) is 0 Å². The van der Waals surface area contributed by atoms with Crippen molar-refractivity contribution in [2.45, 2.75) is 6.92 Å². The van der Waals surface area contributed by atoms with Gasteiger partial charge in [-0.1, -0.05) is 36.4 Å². The van der Waals surface area contributed by atoms with Crippen LogP contribution in [0.5, 0.6) is 11.5 Å². The number of carbonyl (C=O) groups is 1. The van der Waals surface area contributed by atoms with E-state index in [0.29, 0.717) is 19.0 Å². The molecular weight excluding hydrogens is 320 g/mol. The standard InChI is InChI=1S/C20H22O5/c1-2-23-20(22)15-25-19-11-7-17(8-12-19)4-3-16-5-9-18(10-6-16)24-14-13-21/h3-12,21H,2,13-15H2,1H3/b4-3+. The van der Waals surface area contributed by atoms with Crippen LogP contribution in [0.25, 0.3) is 12.2 Å². The molecule has 0 bridgehead atoms. The van der Waals surface area contributed by atoms with Gasteiger partial charge in [-0.3, -0.25) is 0 Å². The van der Waals surface area contributed by atoms with Gasteiger partial charge in [0.05, 0.1) is 13.2 Å². The van der Waals surface area contributed by atoms with Gasteiger partial charge in [-0.2, -0.15) is 0 Å². The molecule has 0 aromatic heterocycles. The van der Waals surface area contributed by atoms with Gasteiger partial charge in [0.15, 0.2) is 6.61 Å². The van der Waals surface area contributed by atoms with E-state index in [0.717, 1.165) is 16.9 Å². The van der Waals surface area contributed by atoms with Gasteiger partial charge in [-0.25, -0.2) is 4.79 Å². The van der Waals surface area contributed by atoms with Crippen LogP contribution in [0.1, 0.15) is 18.1 Å². The molecule has 132 valence electrons. The molecule has 2 rings (SSSR count). The third kappa shape index (κ3) is 6.69. The molecule has 0 amide bonds. The van der Waals surface area contributed by atoms with Crippen molar-refractivity contribution in [2.75, 3.05) is 26.4 Å². The van der Waals surface area contributed by atoms with Gasteiger partial charge >= 0.3 is 5.97 Å². The molecule has 0 aliphatic heterocycles. The molecule has 0 heterocycles. The van der Waals surface area contributed by atoms with Crippen LogP contribution >= 0.6 is 0 Å². The number of hydrogen-bond donors (Lipinski definition) is 1. The summed E-state index contributed by atoms with van der Waals surface area (Å²) in [5.41, 5.74) is 2.06. The topological polar surface area (TPSA) is 65.0 Å². The summed E-state index contributed by atoms with van der Waals surface area (Å²) in [6.07, 6.45) is 3.98. The van der Waals surface area contributed by atoms with E-state index in [9.17, 15) is 4.79 Å². The maximum Gasteiger partial charge on any atom is 0.344 e. The molecule has 0 spiro atoms. The Morgan fingerprint density at radius 3 is 1.92 bits per heavy atom. The molecule has 0 atom stereocenters. The minimum atomic E-state index is -0.377. The molecule has 2 aromatic rings. The number of hydrogen-bond acceptors (Lipinski definition) is 5. The zero-order valence-corrected chi connectivity index (χ0v) is 14.2. The quantitative estimate of drug-likeness (QED) is 0.560. The summed E-state index contributed by atoms with van der Waals surface area (Å²) in [5.74, 6) is 0.975. The number of rotatable bonds is 9. The van der Waals surface area contributed by atoms with Gasteiger partial charge in [0.1, 0.15) is 18.1 Å². The van der Waals surface area contributed by atoms with Crippen LogP contribution in [0.15, 0.2) is 48.5 Å². The zero-order valence-electron chi connectivity index (χ0n) is 14.2. The third-order valence-electron chi connectivity index (χ3n) is 3.25. The van der Waals surface area contributed by atoms with Gasteiger partial charge in [0.25, 0.3) is 0 Å². The Hall–Kier alpha value is -2.79. The number of esters is 1. The number of ether oxygens (including phenoxy) is 3.